The van der Waals surface area contributed by atoms with Crippen molar-refractivity contribution in [1.29, 1.82) is 0 Å². The summed E-state index contributed by atoms with van der Waals surface area (Å²) in [6.07, 6.45) is 2.66. The van der Waals surface area contributed by atoms with Crippen LogP contribution in [0.1, 0.15) is 27.2 Å². The number of nitrogens with two attached hydrogens (primary N) is 1. The van der Waals surface area contributed by atoms with Crippen molar-refractivity contribution in [3.05, 3.63) is 71.0 Å². The normalized spacial score (nSPS) is 13.0. The van der Waals surface area contributed by atoms with Gasteiger partial charge in [0.05, 0.1) is 11.4 Å². The summed E-state index contributed by atoms with van der Waals surface area (Å²) >= 11 is 0. The van der Waals surface area contributed by atoms with Gasteiger partial charge in [-0.3, -0.25) is 4.79 Å². The van der Waals surface area contributed by atoms with Crippen LogP contribution in [0.3, 0.4) is 0 Å². The first-order chi connectivity index (χ1) is 16.4. The molecular weight excluding hydrogens is 431 g/mol. The van der Waals surface area contributed by atoms with Gasteiger partial charge in [0.2, 0.25) is 5.91 Å². The van der Waals surface area contributed by atoms with Gasteiger partial charge in [-0.1, -0.05) is 36.4 Å². The zero-order valence-electron chi connectivity index (χ0n) is 18.7. The third kappa shape index (κ3) is 4.03. The van der Waals surface area contributed by atoms with Crippen LogP contribution in [0, 0.1) is 0 Å². The highest BCUT2D eigenvalue weighted by Gasteiger charge is 2.22. The number of aromatic nitrogens is 3. The number of benzene rings is 2. The maximum absolute atomic E-state index is 11.9. The van der Waals surface area contributed by atoms with Crippen molar-refractivity contribution in [2.45, 2.75) is 19.5 Å². The van der Waals surface area contributed by atoms with Crippen LogP contribution in [0.25, 0.3) is 22.3 Å². The molecule has 4 aromatic rings. The number of rotatable bonds is 6. The second kappa shape index (κ2) is 8.90. The van der Waals surface area contributed by atoms with Crippen molar-refractivity contribution in [3.8, 4) is 11.5 Å². The molecule has 9 nitrogen and oxygen atoms in total. The van der Waals surface area contributed by atoms with E-state index in [-0.39, 0.29) is 0 Å². The molecule has 0 radical (unpaired) electrons. The number of amides is 1. The van der Waals surface area contributed by atoms with Gasteiger partial charge in [-0.25, -0.2) is 9.97 Å². The number of carbonyl (C=O) groups excluding carboxylic acids is 1. The van der Waals surface area contributed by atoms with Gasteiger partial charge in [-0.2, -0.15) is 0 Å². The number of aryl methyl sites for hydroxylation is 1. The Labute approximate surface area is 196 Å². The van der Waals surface area contributed by atoms with Crippen LogP contribution >= 0.6 is 0 Å². The zero-order valence-corrected chi connectivity index (χ0v) is 18.7. The Kier molecular flexibility index (Phi) is 5.78. The maximum atomic E-state index is 11.9. The SMILES string of the molecule is Cn1cc2c(C(N)=O)cccc2c1-c1nc2c(c(NCc3cccc(B(O)O)c3)n1)CNCC2. The van der Waals surface area contributed by atoms with Gasteiger partial charge < -0.3 is 31.0 Å². The van der Waals surface area contributed by atoms with Crippen molar-refractivity contribution in [3.63, 3.8) is 0 Å². The lowest BCUT2D eigenvalue weighted by molar-refractivity contribution is 0.100. The third-order valence-corrected chi connectivity index (χ3v) is 6.16. The molecule has 2 aromatic heterocycles. The topological polar surface area (TPSA) is 138 Å². The van der Waals surface area contributed by atoms with E-state index in [0.29, 0.717) is 29.9 Å². The van der Waals surface area contributed by atoms with Crippen LogP contribution in [0.5, 0.6) is 0 Å². The van der Waals surface area contributed by atoms with Crippen molar-refractivity contribution in [2.24, 2.45) is 12.8 Å². The highest BCUT2D eigenvalue weighted by atomic mass is 16.4. The maximum Gasteiger partial charge on any atom is 0.488 e. The second-order valence-corrected chi connectivity index (χ2v) is 8.44. The first kappa shape index (κ1) is 22.1. The Hall–Kier alpha value is -3.73. The van der Waals surface area contributed by atoms with E-state index in [1.54, 1.807) is 24.3 Å². The van der Waals surface area contributed by atoms with Crippen molar-refractivity contribution in [1.82, 2.24) is 19.9 Å². The molecule has 1 aliphatic heterocycles. The van der Waals surface area contributed by atoms with Gasteiger partial charge in [-0.15, -0.1) is 0 Å². The summed E-state index contributed by atoms with van der Waals surface area (Å²) in [4.78, 5) is 21.7. The van der Waals surface area contributed by atoms with Crippen LogP contribution in [-0.4, -0.2) is 44.2 Å². The number of carbonyl (C=O) groups is 1. The Morgan fingerprint density at radius 1 is 1.21 bits per heavy atom. The smallest absolute Gasteiger partial charge is 0.423 e. The molecule has 172 valence electrons. The molecule has 0 atom stereocenters. The van der Waals surface area contributed by atoms with Crippen LogP contribution in [0.15, 0.2) is 48.7 Å². The summed E-state index contributed by atoms with van der Waals surface area (Å²) in [5, 5.41) is 27.4. The fourth-order valence-electron chi connectivity index (χ4n) is 4.50. The van der Waals surface area contributed by atoms with Gasteiger partial charge in [0, 0.05) is 61.2 Å². The Balaban J connectivity index is 1.57. The fourth-order valence-corrected chi connectivity index (χ4v) is 4.50. The number of primary amides is 1. The predicted octanol–water partition coefficient (Wildman–Crippen LogP) is 0.672. The number of anilines is 1. The van der Waals surface area contributed by atoms with Crippen molar-refractivity contribution >= 4 is 35.1 Å². The molecule has 2 aromatic carbocycles. The first-order valence-corrected chi connectivity index (χ1v) is 11.1. The molecule has 0 saturated heterocycles. The molecule has 0 aliphatic carbocycles. The monoisotopic (exact) mass is 456 g/mol. The van der Waals surface area contributed by atoms with Gasteiger partial charge in [0.25, 0.3) is 0 Å². The molecule has 1 aliphatic rings. The molecule has 0 fully saturated rings. The van der Waals surface area contributed by atoms with Crippen LogP contribution in [0.4, 0.5) is 5.82 Å². The van der Waals surface area contributed by atoms with Gasteiger partial charge >= 0.3 is 7.12 Å². The molecule has 6 N–H and O–H groups in total. The van der Waals surface area contributed by atoms with E-state index in [9.17, 15) is 14.8 Å². The van der Waals surface area contributed by atoms with E-state index in [2.05, 4.69) is 10.6 Å². The van der Waals surface area contributed by atoms with Gasteiger partial charge in [-0.05, 0) is 17.1 Å². The number of nitrogens with zero attached hydrogens (tertiary/aromatic N) is 3. The van der Waals surface area contributed by atoms with Crippen LogP contribution in [-0.2, 0) is 26.6 Å². The largest absolute Gasteiger partial charge is 0.488 e. The van der Waals surface area contributed by atoms with E-state index >= 15 is 0 Å². The summed E-state index contributed by atoms with van der Waals surface area (Å²) < 4.78 is 1.93. The van der Waals surface area contributed by atoms with Gasteiger partial charge in [0.15, 0.2) is 5.82 Å². The zero-order chi connectivity index (χ0) is 23.8. The lowest BCUT2D eigenvalue weighted by Gasteiger charge is -2.21. The molecule has 0 bridgehead atoms. The number of hydrogen-bond donors (Lipinski definition) is 5. The molecule has 34 heavy (non-hydrogen) atoms. The molecule has 5 rings (SSSR count). The summed E-state index contributed by atoms with van der Waals surface area (Å²) in [7, 11) is 0.391. The minimum absolute atomic E-state index is 0.437. The molecular formula is C24H25BN6O3. The summed E-state index contributed by atoms with van der Waals surface area (Å²) in [6.45, 7) is 1.95. The quantitative estimate of drug-likeness (QED) is 0.269. The molecule has 0 unspecified atom stereocenters. The van der Waals surface area contributed by atoms with Crippen LogP contribution < -0.4 is 21.8 Å². The van der Waals surface area contributed by atoms with E-state index in [4.69, 9.17) is 15.7 Å². The summed E-state index contributed by atoms with van der Waals surface area (Å²) in [6, 6.07) is 12.6. The Bertz CT molecular complexity index is 1400. The van der Waals surface area contributed by atoms with Crippen molar-refractivity contribution in [2.75, 3.05) is 11.9 Å². The Morgan fingerprint density at radius 2 is 2.03 bits per heavy atom. The number of hydrogen-bond acceptors (Lipinski definition) is 7. The first-order valence-electron chi connectivity index (χ1n) is 11.1. The molecule has 3 heterocycles. The minimum Gasteiger partial charge on any atom is -0.423 e. The summed E-state index contributed by atoms with van der Waals surface area (Å²) in [5.41, 5.74) is 10.2. The van der Waals surface area contributed by atoms with E-state index in [1.165, 1.54) is 0 Å². The highest BCUT2D eigenvalue weighted by Crippen LogP contribution is 2.32. The Morgan fingerprint density at radius 3 is 2.82 bits per heavy atom. The molecule has 1 amide bonds. The number of nitrogens with one attached hydrogen (secondary N) is 2. The van der Waals surface area contributed by atoms with Crippen molar-refractivity contribution < 1.29 is 14.8 Å². The average molecular weight is 456 g/mol. The van der Waals surface area contributed by atoms with Gasteiger partial charge in [0.1, 0.15) is 5.82 Å². The highest BCUT2D eigenvalue weighted by molar-refractivity contribution is 6.58. The van der Waals surface area contributed by atoms with E-state index in [0.717, 1.165) is 52.1 Å². The lowest BCUT2D eigenvalue weighted by atomic mass is 9.79. The second-order valence-electron chi connectivity index (χ2n) is 8.44. The van der Waals surface area contributed by atoms with Crippen LogP contribution in [0.2, 0.25) is 0 Å². The predicted molar refractivity (Wildman–Crippen MR) is 131 cm³/mol. The minimum atomic E-state index is -1.52. The number of fused-ring (bicyclic) bond motifs is 2. The lowest BCUT2D eigenvalue weighted by Crippen LogP contribution is -2.30. The average Bonchev–Trinajstić information content (AvgIpc) is 3.18. The third-order valence-electron chi connectivity index (χ3n) is 6.16. The standard InChI is InChI=1S/C24H25BN6O3/c1-31-13-19-16(6-3-7-17(19)22(26)32)21(31)24-29-20-8-9-27-12-18(20)23(30-24)28-11-14-4-2-5-15(10-14)25(33)34/h2-7,10,13,27,33-34H,8-9,11-12H2,1H3,(H2,26,32)(H,28,29,30). The molecule has 10 heteroatoms. The summed E-state index contributed by atoms with van der Waals surface area (Å²) in [5.74, 6) is 0.821. The fraction of sp³-hybridized carbons (Fsp3) is 0.208. The van der Waals surface area contributed by atoms with E-state index in [1.807, 2.05) is 36.0 Å². The molecule has 0 spiro atoms. The molecule has 0 saturated carbocycles. The van der Waals surface area contributed by atoms with E-state index < -0.39 is 13.0 Å².